The SMILES string of the molecule is O=C(O)C[N]S(=O)(=O)O. The van der Waals surface area contributed by atoms with Crippen molar-refractivity contribution in [1.29, 1.82) is 0 Å². The molecule has 0 aromatic carbocycles. The first kappa shape index (κ1) is 8.34. The van der Waals surface area contributed by atoms with Crippen molar-refractivity contribution in [3.63, 3.8) is 0 Å². The second-order valence-electron chi connectivity index (χ2n) is 1.13. The highest BCUT2D eigenvalue weighted by Gasteiger charge is 2.07. The van der Waals surface area contributed by atoms with Crippen molar-refractivity contribution in [2.24, 2.45) is 0 Å². The molecular weight excluding hydrogens is 150 g/mol. The van der Waals surface area contributed by atoms with Crippen LogP contribution >= 0.6 is 0 Å². The molecule has 0 amide bonds. The highest BCUT2D eigenvalue weighted by atomic mass is 32.2. The van der Waals surface area contributed by atoms with Gasteiger partial charge in [0.25, 0.3) is 0 Å². The van der Waals surface area contributed by atoms with Crippen LogP contribution in [0.15, 0.2) is 0 Å². The average molecular weight is 154 g/mol. The topological polar surface area (TPSA) is 106 Å². The van der Waals surface area contributed by atoms with Crippen LogP contribution in [0.3, 0.4) is 0 Å². The van der Waals surface area contributed by atoms with Crippen LogP contribution in [0.2, 0.25) is 0 Å². The number of carboxylic acids is 1. The van der Waals surface area contributed by atoms with Crippen LogP contribution in [0.5, 0.6) is 0 Å². The van der Waals surface area contributed by atoms with E-state index in [1.807, 2.05) is 0 Å². The molecule has 0 unspecified atom stereocenters. The Hall–Kier alpha value is -0.660. The second-order valence-corrected chi connectivity index (χ2v) is 2.28. The fourth-order valence-electron chi connectivity index (χ4n) is 0.137. The van der Waals surface area contributed by atoms with Crippen LogP contribution < -0.4 is 4.72 Å². The van der Waals surface area contributed by atoms with Gasteiger partial charge in [0.05, 0.1) is 0 Å². The smallest absolute Gasteiger partial charge is 0.350 e. The number of aliphatic carboxylic acids is 1. The van der Waals surface area contributed by atoms with Crippen molar-refractivity contribution in [2.75, 3.05) is 6.54 Å². The zero-order chi connectivity index (χ0) is 7.49. The zero-order valence-electron chi connectivity index (χ0n) is 4.18. The van der Waals surface area contributed by atoms with Gasteiger partial charge >= 0.3 is 16.3 Å². The van der Waals surface area contributed by atoms with Crippen LogP contribution in [-0.2, 0) is 15.1 Å². The standard InChI is InChI=1S/C2H4NO5S/c4-2(5)1-3-9(6,7)8/h1H2,(H,4,5)(H,6,7,8). The lowest BCUT2D eigenvalue weighted by Crippen LogP contribution is -2.21. The highest BCUT2D eigenvalue weighted by molar-refractivity contribution is 7.83. The van der Waals surface area contributed by atoms with Gasteiger partial charge in [-0.3, -0.25) is 9.35 Å². The predicted octanol–water partition coefficient (Wildman–Crippen LogP) is -1.52. The van der Waals surface area contributed by atoms with Gasteiger partial charge in [0.2, 0.25) is 0 Å². The molecule has 0 aliphatic carbocycles. The van der Waals surface area contributed by atoms with Crippen LogP contribution in [0.1, 0.15) is 0 Å². The fourth-order valence-corrected chi connectivity index (χ4v) is 0.410. The normalized spacial score (nSPS) is 11.2. The van der Waals surface area contributed by atoms with Crippen molar-refractivity contribution >= 4 is 16.3 Å². The minimum atomic E-state index is -4.48. The summed E-state index contributed by atoms with van der Waals surface area (Å²) < 4.78 is 29.5. The van der Waals surface area contributed by atoms with E-state index in [4.69, 9.17) is 9.66 Å². The summed E-state index contributed by atoms with van der Waals surface area (Å²) in [5.74, 6) is -1.41. The molecule has 0 bridgehead atoms. The highest BCUT2D eigenvalue weighted by Crippen LogP contribution is 1.73. The lowest BCUT2D eigenvalue weighted by Gasteiger charge is -1.89. The van der Waals surface area contributed by atoms with Crippen LogP contribution in [0.25, 0.3) is 0 Å². The Labute approximate surface area is 51.4 Å². The summed E-state index contributed by atoms with van der Waals surface area (Å²) in [6.07, 6.45) is 0. The molecule has 53 valence electrons. The molecule has 2 N–H and O–H groups in total. The summed E-state index contributed by atoms with van der Waals surface area (Å²) in [5.41, 5.74) is 0. The van der Waals surface area contributed by atoms with Crippen molar-refractivity contribution in [1.82, 2.24) is 4.72 Å². The lowest BCUT2D eigenvalue weighted by atomic mass is 10.7. The van der Waals surface area contributed by atoms with Gasteiger partial charge in [0.1, 0.15) is 6.54 Å². The van der Waals surface area contributed by atoms with E-state index in [0.717, 1.165) is 0 Å². The Balaban J connectivity index is 3.67. The van der Waals surface area contributed by atoms with Crippen LogP contribution in [-0.4, -0.2) is 30.6 Å². The number of nitrogens with zero attached hydrogens (tertiary/aromatic N) is 1. The molecule has 0 aromatic rings. The van der Waals surface area contributed by atoms with E-state index < -0.39 is 22.8 Å². The van der Waals surface area contributed by atoms with Gasteiger partial charge in [-0.25, -0.2) is 0 Å². The molecule has 0 atom stereocenters. The maximum Gasteiger partial charge on any atom is 0.350 e. The van der Waals surface area contributed by atoms with Gasteiger partial charge < -0.3 is 5.11 Å². The predicted molar refractivity (Wildman–Crippen MR) is 26.2 cm³/mol. The summed E-state index contributed by atoms with van der Waals surface area (Å²) >= 11 is 0. The molecule has 0 aliphatic heterocycles. The summed E-state index contributed by atoms with van der Waals surface area (Å²) in [4.78, 5) is 9.58. The van der Waals surface area contributed by atoms with Gasteiger partial charge in [-0.15, -0.1) is 0 Å². The first-order chi connectivity index (χ1) is 3.92. The molecule has 0 saturated carbocycles. The van der Waals surface area contributed by atoms with E-state index in [0.29, 0.717) is 0 Å². The quantitative estimate of drug-likeness (QED) is 0.480. The number of hydrogen-bond acceptors (Lipinski definition) is 3. The molecule has 1 radical (unpaired) electrons. The zero-order valence-corrected chi connectivity index (χ0v) is 5.00. The Morgan fingerprint density at radius 1 is 1.56 bits per heavy atom. The molecule has 0 fully saturated rings. The molecule has 0 spiro atoms. The lowest BCUT2D eigenvalue weighted by molar-refractivity contribution is -0.135. The molecule has 6 nitrogen and oxygen atoms in total. The van der Waals surface area contributed by atoms with Gasteiger partial charge in [0.15, 0.2) is 0 Å². The summed E-state index contributed by atoms with van der Waals surface area (Å²) in [6.45, 7) is -0.932. The molecule has 0 aliphatic rings. The monoisotopic (exact) mass is 154 g/mol. The fraction of sp³-hybridized carbons (Fsp3) is 0.500. The van der Waals surface area contributed by atoms with Gasteiger partial charge in [-0.1, -0.05) is 4.72 Å². The Kier molecular flexibility index (Phi) is 2.56. The van der Waals surface area contributed by atoms with E-state index in [2.05, 4.69) is 4.72 Å². The second kappa shape index (κ2) is 2.76. The minimum Gasteiger partial charge on any atom is -0.480 e. The van der Waals surface area contributed by atoms with Crippen molar-refractivity contribution in [3.8, 4) is 0 Å². The molecule has 0 saturated heterocycles. The van der Waals surface area contributed by atoms with Crippen molar-refractivity contribution < 1.29 is 22.9 Å². The molecule has 0 rings (SSSR count). The van der Waals surface area contributed by atoms with E-state index in [9.17, 15) is 13.2 Å². The number of carboxylic acid groups (broad SMARTS) is 1. The summed E-state index contributed by atoms with van der Waals surface area (Å²) in [6, 6.07) is 0. The van der Waals surface area contributed by atoms with E-state index in [1.54, 1.807) is 0 Å². The largest absolute Gasteiger partial charge is 0.480 e. The van der Waals surface area contributed by atoms with Gasteiger partial charge in [-0.2, -0.15) is 8.42 Å². The maximum absolute atomic E-state index is 9.66. The molecule has 0 heterocycles. The third-order valence-corrected chi connectivity index (χ3v) is 0.818. The third kappa shape index (κ3) is 7.34. The number of rotatable bonds is 3. The molecule has 7 heteroatoms. The van der Waals surface area contributed by atoms with Gasteiger partial charge in [-0.05, 0) is 0 Å². The molecule has 9 heavy (non-hydrogen) atoms. The van der Waals surface area contributed by atoms with Gasteiger partial charge in [0, 0.05) is 0 Å². The summed E-state index contributed by atoms with van der Waals surface area (Å²) in [7, 11) is -4.48. The van der Waals surface area contributed by atoms with Crippen LogP contribution in [0, 0.1) is 0 Å². The average Bonchev–Trinajstić information content (AvgIpc) is 1.59. The van der Waals surface area contributed by atoms with Crippen molar-refractivity contribution in [2.45, 2.75) is 0 Å². The third-order valence-electron chi connectivity index (χ3n) is 0.363. The minimum absolute atomic E-state index is 0.932. The first-order valence-electron chi connectivity index (χ1n) is 1.80. The molecular formula is C2H4NO5S. The molecule has 0 aromatic heterocycles. The Morgan fingerprint density at radius 2 is 2.00 bits per heavy atom. The first-order valence-corrected chi connectivity index (χ1v) is 3.19. The number of hydrogen-bond donors (Lipinski definition) is 2. The van der Waals surface area contributed by atoms with Crippen molar-refractivity contribution in [3.05, 3.63) is 0 Å². The van der Waals surface area contributed by atoms with E-state index in [1.165, 1.54) is 0 Å². The number of carbonyl (C=O) groups is 1. The van der Waals surface area contributed by atoms with E-state index in [-0.39, 0.29) is 0 Å². The van der Waals surface area contributed by atoms with E-state index >= 15 is 0 Å². The Morgan fingerprint density at radius 3 is 2.11 bits per heavy atom. The van der Waals surface area contributed by atoms with Crippen LogP contribution in [0.4, 0.5) is 0 Å². The maximum atomic E-state index is 9.66. The summed E-state index contributed by atoms with van der Waals surface area (Å²) in [5, 5.41) is 7.81. The Bertz CT molecular complexity index is 193.